The second-order valence-electron chi connectivity index (χ2n) is 8.99. The van der Waals surface area contributed by atoms with E-state index in [2.05, 4.69) is 66.0 Å². The molecule has 1 aliphatic rings. The maximum atomic E-state index is 12.6. The third-order valence-corrected chi connectivity index (χ3v) is 6.05. The third kappa shape index (κ3) is 6.57. The lowest BCUT2D eigenvalue weighted by Crippen LogP contribution is -2.49. The SMILES string of the molecule is CCc1ccc(C(C)(C)CNC(=NC)NCc2ccc(C(=O)N3CCNC(=O)C3)cc2)cc1. The van der Waals surface area contributed by atoms with E-state index in [9.17, 15) is 9.59 Å². The van der Waals surface area contributed by atoms with Crippen LogP contribution in [0.15, 0.2) is 53.5 Å². The van der Waals surface area contributed by atoms with Crippen molar-refractivity contribution in [2.24, 2.45) is 4.99 Å². The number of hydrogen-bond acceptors (Lipinski definition) is 3. The average molecular weight is 450 g/mol. The van der Waals surface area contributed by atoms with E-state index >= 15 is 0 Å². The molecule has 0 unspecified atom stereocenters. The van der Waals surface area contributed by atoms with E-state index < -0.39 is 0 Å². The number of nitrogens with one attached hydrogen (secondary N) is 3. The summed E-state index contributed by atoms with van der Waals surface area (Å²) in [6.07, 6.45) is 1.04. The molecule has 0 spiro atoms. The van der Waals surface area contributed by atoms with E-state index in [4.69, 9.17) is 0 Å². The van der Waals surface area contributed by atoms with Crippen molar-refractivity contribution in [3.63, 3.8) is 0 Å². The number of carbonyl (C=O) groups excluding carboxylic acids is 2. The highest BCUT2D eigenvalue weighted by molar-refractivity contribution is 5.97. The van der Waals surface area contributed by atoms with Gasteiger partial charge in [-0.1, -0.05) is 57.2 Å². The molecule has 2 amide bonds. The summed E-state index contributed by atoms with van der Waals surface area (Å²) in [5.74, 6) is 0.499. The zero-order chi connectivity index (χ0) is 23.8. The summed E-state index contributed by atoms with van der Waals surface area (Å²) in [6, 6.07) is 16.3. The van der Waals surface area contributed by atoms with Crippen LogP contribution in [-0.2, 0) is 23.2 Å². The third-order valence-electron chi connectivity index (χ3n) is 6.05. The van der Waals surface area contributed by atoms with Crippen LogP contribution in [-0.4, -0.2) is 55.9 Å². The Morgan fingerprint density at radius 2 is 1.73 bits per heavy atom. The lowest BCUT2D eigenvalue weighted by molar-refractivity contribution is -0.123. The summed E-state index contributed by atoms with van der Waals surface area (Å²) in [5, 5.41) is 9.50. The zero-order valence-electron chi connectivity index (χ0n) is 20.1. The standard InChI is InChI=1S/C26H35N5O2/c1-5-19-8-12-22(13-9-19)26(2,3)18-30-25(27-4)29-16-20-6-10-21(11-7-20)24(33)31-15-14-28-23(32)17-31/h6-13H,5,14-18H2,1-4H3,(H,28,32)(H2,27,29,30). The van der Waals surface area contributed by atoms with Crippen molar-refractivity contribution in [2.75, 3.05) is 33.2 Å². The van der Waals surface area contributed by atoms with E-state index in [-0.39, 0.29) is 23.8 Å². The van der Waals surface area contributed by atoms with Crippen LogP contribution in [0, 0.1) is 0 Å². The number of piperazine rings is 1. The van der Waals surface area contributed by atoms with Crippen LogP contribution in [0.4, 0.5) is 0 Å². The Morgan fingerprint density at radius 1 is 1.06 bits per heavy atom. The second kappa shape index (κ2) is 11.0. The summed E-state index contributed by atoms with van der Waals surface area (Å²) in [5.41, 5.74) is 4.22. The van der Waals surface area contributed by atoms with Crippen molar-refractivity contribution < 1.29 is 9.59 Å². The molecule has 2 aromatic carbocycles. The normalized spacial score (nSPS) is 14.6. The number of aryl methyl sites for hydroxylation is 1. The molecule has 0 atom stereocenters. The first-order chi connectivity index (χ1) is 15.8. The fraction of sp³-hybridized carbons (Fsp3) is 0.423. The van der Waals surface area contributed by atoms with Gasteiger partial charge in [-0.15, -0.1) is 0 Å². The molecule has 0 bridgehead atoms. The summed E-state index contributed by atoms with van der Waals surface area (Å²) in [4.78, 5) is 30.1. The topological polar surface area (TPSA) is 85.8 Å². The number of nitrogens with zero attached hydrogens (tertiary/aromatic N) is 2. The van der Waals surface area contributed by atoms with Crippen LogP contribution in [0.25, 0.3) is 0 Å². The number of amides is 2. The van der Waals surface area contributed by atoms with Crippen molar-refractivity contribution in [3.05, 3.63) is 70.8 Å². The molecule has 1 saturated heterocycles. The summed E-state index contributed by atoms with van der Waals surface area (Å²) >= 11 is 0. The molecule has 0 aromatic heterocycles. The molecular weight excluding hydrogens is 414 g/mol. The number of aliphatic imine (C=N–C) groups is 1. The van der Waals surface area contributed by atoms with Crippen LogP contribution in [0.5, 0.6) is 0 Å². The van der Waals surface area contributed by atoms with Gasteiger partial charge in [0.2, 0.25) is 5.91 Å². The molecule has 0 radical (unpaired) electrons. The Balaban J connectivity index is 1.51. The largest absolute Gasteiger partial charge is 0.356 e. The van der Waals surface area contributed by atoms with Crippen molar-refractivity contribution >= 4 is 17.8 Å². The monoisotopic (exact) mass is 449 g/mol. The van der Waals surface area contributed by atoms with E-state index in [1.807, 2.05) is 24.3 Å². The predicted molar refractivity (Wildman–Crippen MR) is 132 cm³/mol. The minimum Gasteiger partial charge on any atom is -0.356 e. The van der Waals surface area contributed by atoms with Crippen molar-refractivity contribution in [3.8, 4) is 0 Å². The molecule has 0 saturated carbocycles. The Kier molecular flexibility index (Phi) is 8.09. The van der Waals surface area contributed by atoms with Gasteiger partial charge < -0.3 is 20.9 Å². The van der Waals surface area contributed by atoms with Gasteiger partial charge in [0.05, 0.1) is 6.54 Å². The first-order valence-corrected chi connectivity index (χ1v) is 11.5. The molecule has 33 heavy (non-hydrogen) atoms. The minimum absolute atomic E-state index is 0.0444. The minimum atomic E-state index is -0.115. The van der Waals surface area contributed by atoms with Gasteiger partial charge in [0.25, 0.3) is 5.91 Å². The first kappa shape index (κ1) is 24.3. The quantitative estimate of drug-likeness (QED) is 0.448. The van der Waals surface area contributed by atoms with Gasteiger partial charge in [-0.2, -0.15) is 0 Å². The van der Waals surface area contributed by atoms with Crippen molar-refractivity contribution in [1.82, 2.24) is 20.9 Å². The first-order valence-electron chi connectivity index (χ1n) is 11.5. The van der Waals surface area contributed by atoms with E-state index in [1.54, 1.807) is 11.9 Å². The molecule has 1 aliphatic heterocycles. The highest BCUT2D eigenvalue weighted by Gasteiger charge is 2.22. The van der Waals surface area contributed by atoms with Gasteiger partial charge in [0.1, 0.15) is 0 Å². The molecule has 1 heterocycles. The maximum Gasteiger partial charge on any atom is 0.254 e. The fourth-order valence-corrected chi connectivity index (χ4v) is 3.76. The lowest BCUT2D eigenvalue weighted by atomic mass is 9.84. The highest BCUT2D eigenvalue weighted by Crippen LogP contribution is 2.22. The van der Waals surface area contributed by atoms with E-state index in [0.29, 0.717) is 25.2 Å². The molecule has 7 heteroatoms. The average Bonchev–Trinajstić information content (AvgIpc) is 2.84. The Hall–Kier alpha value is -3.35. The van der Waals surface area contributed by atoms with Gasteiger partial charge >= 0.3 is 0 Å². The molecule has 176 valence electrons. The van der Waals surface area contributed by atoms with Gasteiger partial charge in [-0.25, -0.2) is 0 Å². The molecule has 3 N–H and O–H groups in total. The summed E-state index contributed by atoms with van der Waals surface area (Å²) in [6.45, 7) is 9.09. The zero-order valence-corrected chi connectivity index (χ0v) is 20.1. The number of carbonyl (C=O) groups is 2. The summed E-state index contributed by atoms with van der Waals surface area (Å²) in [7, 11) is 1.76. The lowest BCUT2D eigenvalue weighted by Gasteiger charge is -2.27. The van der Waals surface area contributed by atoms with Crippen LogP contribution < -0.4 is 16.0 Å². The predicted octanol–water partition coefficient (Wildman–Crippen LogP) is 2.46. The second-order valence-corrected chi connectivity index (χ2v) is 8.99. The Labute approximate surface area is 196 Å². The van der Waals surface area contributed by atoms with Crippen LogP contribution in [0.3, 0.4) is 0 Å². The van der Waals surface area contributed by atoms with Crippen LogP contribution in [0.1, 0.15) is 47.8 Å². The van der Waals surface area contributed by atoms with Crippen molar-refractivity contribution in [1.29, 1.82) is 0 Å². The number of benzene rings is 2. The van der Waals surface area contributed by atoms with Crippen LogP contribution in [0.2, 0.25) is 0 Å². The van der Waals surface area contributed by atoms with Gasteiger partial charge in [-0.05, 0) is 35.2 Å². The van der Waals surface area contributed by atoms with Gasteiger partial charge in [0, 0.05) is 44.2 Å². The number of hydrogen-bond donors (Lipinski definition) is 3. The van der Waals surface area contributed by atoms with Gasteiger partial charge in [-0.3, -0.25) is 14.6 Å². The number of guanidine groups is 1. The van der Waals surface area contributed by atoms with E-state index in [1.165, 1.54) is 11.1 Å². The maximum absolute atomic E-state index is 12.6. The Bertz CT molecular complexity index is 981. The molecule has 0 aliphatic carbocycles. The fourth-order valence-electron chi connectivity index (χ4n) is 3.76. The van der Waals surface area contributed by atoms with Crippen LogP contribution >= 0.6 is 0 Å². The Morgan fingerprint density at radius 3 is 2.33 bits per heavy atom. The smallest absolute Gasteiger partial charge is 0.254 e. The van der Waals surface area contributed by atoms with Gasteiger partial charge in [0.15, 0.2) is 5.96 Å². The number of rotatable bonds is 7. The molecular formula is C26H35N5O2. The van der Waals surface area contributed by atoms with Crippen molar-refractivity contribution in [2.45, 2.75) is 39.2 Å². The summed E-state index contributed by atoms with van der Waals surface area (Å²) < 4.78 is 0. The molecule has 7 nitrogen and oxygen atoms in total. The highest BCUT2D eigenvalue weighted by atomic mass is 16.2. The molecule has 3 rings (SSSR count). The molecule has 2 aromatic rings. The molecule has 1 fully saturated rings. The van der Waals surface area contributed by atoms with E-state index in [0.717, 1.165) is 24.5 Å².